The highest BCUT2D eigenvalue weighted by molar-refractivity contribution is 5.83. The second-order valence-electron chi connectivity index (χ2n) is 7.25. The van der Waals surface area contributed by atoms with E-state index >= 15 is 0 Å². The van der Waals surface area contributed by atoms with Crippen LogP contribution in [0.4, 0.5) is 0 Å². The van der Waals surface area contributed by atoms with Crippen LogP contribution in [0.25, 0.3) is 10.9 Å². The van der Waals surface area contributed by atoms with Crippen molar-refractivity contribution in [2.45, 2.75) is 45.4 Å². The molecule has 0 bridgehead atoms. The Morgan fingerprint density at radius 1 is 1.30 bits per heavy atom. The molecule has 1 unspecified atom stereocenters. The summed E-state index contributed by atoms with van der Waals surface area (Å²) in [4.78, 5) is 14.4. The Labute approximate surface area is 136 Å². The Hall–Kier alpha value is -2.01. The van der Waals surface area contributed by atoms with E-state index in [1.165, 1.54) is 0 Å². The van der Waals surface area contributed by atoms with Gasteiger partial charge in [0.05, 0.1) is 12.5 Å². The van der Waals surface area contributed by atoms with Gasteiger partial charge in [-0.2, -0.15) is 0 Å². The van der Waals surface area contributed by atoms with Crippen LogP contribution >= 0.6 is 0 Å². The molecule has 1 atom stereocenters. The molecule has 124 valence electrons. The molecule has 1 aliphatic heterocycles. The number of nitrogens with zero attached hydrogens (tertiary/aromatic N) is 2. The molecule has 1 aromatic carbocycles. The van der Waals surface area contributed by atoms with Gasteiger partial charge in [-0.05, 0) is 52.1 Å². The van der Waals surface area contributed by atoms with Gasteiger partial charge < -0.3 is 14.4 Å². The molecule has 0 saturated carbocycles. The summed E-state index contributed by atoms with van der Waals surface area (Å²) in [6, 6.07) is 7.47. The lowest BCUT2D eigenvalue weighted by molar-refractivity contribution is -0.156. The van der Waals surface area contributed by atoms with Crippen molar-refractivity contribution in [3.63, 3.8) is 0 Å². The molecule has 5 nitrogen and oxygen atoms in total. The van der Waals surface area contributed by atoms with Crippen LogP contribution in [0.15, 0.2) is 24.3 Å². The van der Waals surface area contributed by atoms with Gasteiger partial charge in [0.1, 0.15) is 11.4 Å². The minimum atomic E-state index is -0.469. The first-order valence-corrected chi connectivity index (χ1v) is 7.99. The number of carbonyl (C=O) groups is 1. The van der Waals surface area contributed by atoms with E-state index in [4.69, 9.17) is 4.74 Å². The van der Waals surface area contributed by atoms with Crippen LogP contribution in [-0.2, 0) is 16.1 Å². The van der Waals surface area contributed by atoms with Crippen LogP contribution in [0.3, 0.4) is 0 Å². The van der Waals surface area contributed by atoms with E-state index in [9.17, 15) is 9.90 Å². The lowest BCUT2D eigenvalue weighted by Crippen LogP contribution is -2.37. The van der Waals surface area contributed by atoms with Crippen LogP contribution in [0, 0.1) is 0 Å². The van der Waals surface area contributed by atoms with E-state index in [1.54, 1.807) is 12.1 Å². The molecule has 1 aliphatic rings. The molecule has 0 saturated heterocycles. The first-order valence-electron chi connectivity index (χ1n) is 7.99. The van der Waals surface area contributed by atoms with E-state index in [2.05, 4.69) is 15.5 Å². The highest BCUT2D eigenvalue weighted by atomic mass is 16.6. The van der Waals surface area contributed by atoms with Gasteiger partial charge in [0.2, 0.25) is 0 Å². The average Bonchev–Trinajstić information content (AvgIpc) is 2.77. The zero-order valence-electron chi connectivity index (χ0n) is 14.2. The standard InChI is InChI=1S/C18H24N2O3/c1-18(2,3)23-17(22)11-15-16-10-12-9-13(21)5-6-14(12)20(16)8-7-19(15)4/h5-6,9-10,15,21H,7-8,11H2,1-4H3. The van der Waals surface area contributed by atoms with Crippen LogP contribution < -0.4 is 0 Å². The van der Waals surface area contributed by atoms with Gasteiger partial charge in [-0.1, -0.05) is 0 Å². The van der Waals surface area contributed by atoms with Crippen molar-refractivity contribution in [3.8, 4) is 5.75 Å². The average molecular weight is 316 g/mol. The summed E-state index contributed by atoms with van der Waals surface area (Å²) < 4.78 is 7.72. The number of ether oxygens (including phenoxy) is 1. The van der Waals surface area contributed by atoms with Crippen molar-refractivity contribution >= 4 is 16.9 Å². The first kappa shape index (κ1) is 15.9. The molecule has 2 aromatic rings. The Morgan fingerprint density at radius 2 is 2.04 bits per heavy atom. The molecule has 5 heteroatoms. The number of aromatic hydroxyl groups is 1. The van der Waals surface area contributed by atoms with Gasteiger partial charge in [-0.3, -0.25) is 9.69 Å². The van der Waals surface area contributed by atoms with Gasteiger partial charge in [0.15, 0.2) is 0 Å². The SMILES string of the molecule is CN1CCn2c(cc3cc(O)ccc32)C1CC(=O)OC(C)(C)C. The lowest BCUT2D eigenvalue weighted by Gasteiger charge is -2.34. The second kappa shape index (κ2) is 5.57. The molecule has 2 heterocycles. The molecule has 1 aromatic heterocycles. The fourth-order valence-electron chi connectivity index (χ4n) is 3.25. The molecular weight excluding hydrogens is 292 g/mol. The summed E-state index contributed by atoms with van der Waals surface area (Å²) in [5.41, 5.74) is 1.73. The number of esters is 1. The third kappa shape index (κ3) is 3.20. The van der Waals surface area contributed by atoms with E-state index in [-0.39, 0.29) is 17.8 Å². The predicted molar refractivity (Wildman–Crippen MR) is 89.4 cm³/mol. The number of phenols is 1. The molecule has 0 amide bonds. The van der Waals surface area contributed by atoms with Crippen molar-refractivity contribution in [2.75, 3.05) is 13.6 Å². The summed E-state index contributed by atoms with van der Waals surface area (Å²) in [5, 5.41) is 10.7. The zero-order chi connectivity index (χ0) is 16.8. The molecule has 0 spiro atoms. The Bertz CT molecular complexity index is 743. The van der Waals surface area contributed by atoms with Crippen LogP contribution in [-0.4, -0.2) is 39.7 Å². The Balaban J connectivity index is 1.93. The van der Waals surface area contributed by atoms with Crippen LogP contribution in [0.1, 0.15) is 38.9 Å². The van der Waals surface area contributed by atoms with Crippen LogP contribution in [0.2, 0.25) is 0 Å². The molecule has 1 N–H and O–H groups in total. The molecule has 23 heavy (non-hydrogen) atoms. The van der Waals surface area contributed by atoms with Crippen molar-refractivity contribution in [1.29, 1.82) is 0 Å². The number of fused-ring (bicyclic) bond motifs is 3. The molecule has 0 aliphatic carbocycles. The fraction of sp³-hybridized carbons (Fsp3) is 0.500. The molecular formula is C18H24N2O3. The topological polar surface area (TPSA) is 54.7 Å². The number of carbonyl (C=O) groups excluding carboxylic acids is 1. The number of hydrogen-bond acceptors (Lipinski definition) is 4. The van der Waals surface area contributed by atoms with Crippen molar-refractivity contribution in [1.82, 2.24) is 9.47 Å². The monoisotopic (exact) mass is 316 g/mol. The number of likely N-dealkylation sites (N-methyl/N-ethyl adjacent to an activating group) is 1. The van der Waals surface area contributed by atoms with E-state index in [0.29, 0.717) is 6.42 Å². The molecule has 0 fully saturated rings. The maximum atomic E-state index is 12.3. The fourth-order valence-corrected chi connectivity index (χ4v) is 3.25. The zero-order valence-corrected chi connectivity index (χ0v) is 14.2. The van der Waals surface area contributed by atoms with E-state index < -0.39 is 5.60 Å². The van der Waals surface area contributed by atoms with Gasteiger partial charge >= 0.3 is 5.97 Å². The molecule has 0 radical (unpaired) electrons. The smallest absolute Gasteiger partial charge is 0.308 e. The number of rotatable bonds is 2. The highest BCUT2D eigenvalue weighted by Gasteiger charge is 2.30. The first-order chi connectivity index (χ1) is 10.7. The van der Waals surface area contributed by atoms with Crippen LogP contribution in [0.5, 0.6) is 5.75 Å². The maximum Gasteiger partial charge on any atom is 0.308 e. The van der Waals surface area contributed by atoms with Crippen molar-refractivity contribution in [2.24, 2.45) is 0 Å². The summed E-state index contributed by atoms with van der Waals surface area (Å²) in [7, 11) is 2.04. The third-order valence-corrected chi connectivity index (χ3v) is 4.25. The quantitative estimate of drug-likeness (QED) is 0.865. The van der Waals surface area contributed by atoms with E-state index in [0.717, 1.165) is 29.7 Å². The second-order valence-corrected chi connectivity index (χ2v) is 7.25. The number of phenolic OH excluding ortho intramolecular Hbond substituents is 1. The highest BCUT2D eigenvalue weighted by Crippen LogP contribution is 2.34. The predicted octanol–water partition coefficient (Wildman–Crippen LogP) is 3.07. The van der Waals surface area contributed by atoms with Gasteiger partial charge in [0.25, 0.3) is 0 Å². The summed E-state index contributed by atoms with van der Waals surface area (Å²) in [5.74, 6) is 0.0772. The summed E-state index contributed by atoms with van der Waals surface area (Å²) >= 11 is 0. The Morgan fingerprint density at radius 3 is 2.74 bits per heavy atom. The number of benzene rings is 1. The largest absolute Gasteiger partial charge is 0.508 e. The minimum absolute atomic E-state index is 0.00635. The molecule has 3 rings (SSSR count). The third-order valence-electron chi connectivity index (χ3n) is 4.25. The lowest BCUT2D eigenvalue weighted by atomic mass is 10.1. The van der Waals surface area contributed by atoms with Gasteiger partial charge in [0, 0.05) is 29.7 Å². The Kier molecular flexibility index (Phi) is 3.84. The summed E-state index contributed by atoms with van der Waals surface area (Å²) in [6.07, 6.45) is 0.329. The maximum absolute atomic E-state index is 12.3. The van der Waals surface area contributed by atoms with Gasteiger partial charge in [-0.15, -0.1) is 0 Å². The minimum Gasteiger partial charge on any atom is -0.508 e. The van der Waals surface area contributed by atoms with Crippen molar-refractivity contribution < 1.29 is 14.6 Å². The number of aromatic nitrogens is 1. The van der Waals surface area contributed by atoms with Crippen molar-refractivity contribution in [3.05, 3.63) is 30.0 Å². The van der Waals surface area contributed by atoms with Gasteiger partial charge in [-0.25, -0.2) is 0 Å². The summed E-state index contributed by atoms with van der Waals surface area (Å²) in [6.45, 7) is 7.41. The normalized spacial score (nSPS) is 18.9. The van der Waals surface area contributed by atoms with E-state index in [1.807, 2.05) is 33.9 Å². The number of hydrogen-bond donors (Lipinski definition) is 1.